The predicted octanol–water partition coefficient (Wildman–Crippen LogP) is 2.49. The molecule has 2 amide bonds. The molecule has 2 aromatic heterocycles. The van der Waals surface area contributed by atoms with Gasteiger partial charge in [0.1, 0.15) is 12.2 Å². The van der Waals surface area contributed by atoms with Gasteiger partial charge in [-0.2, -0.15) is 5.10 Å². The van der Waals surface area contributed by atoms with Crippen LogP contribution in [0.5, 0.6) is 0 Å². The van der Waals surface area contributed by atoms with Crippen molar-refractivity contribution in [3.8, 4) is 0 Å². The van der Waals surface area contributed by atoms with E-state index < -0.39 is 0 Å². The summed E-state index contributed by atoms with van der Waals surface area (Å²) >= 11 is 0. The number of piperidine rings is 1. The normalized spacial score (nSPS) is 18.2. The molecule has 130 valence electrons. The van der Waals surface area contributed by atoms with Crippen LogP contribution in [0.2, 0.25) is 0 Å². The number of likely N-dealkylation sites (tertiary alicyclic amines) is 1. The van der Waals surface area contributed by atoms with Gasteiger partial charge < -0.3 is 9.47 Å². The van der Waals surface area contributed by atoms with Crippen molar-refractivity contribution < 1.29 is 4.79 Å². The minimum absolute atomic E-state index is 0.101. The van der Waals surface area contributed by atoms with E-state index in [1.807, 2.05) is 21.8 Å². The molecule has 1 aliphatic heterocycles. The van der Waals surface area contributed by atoms with Crippen LogP contribution in [0.3, 0.4) is 0 Å². The van der Waals surface area contributed by atoms with Crippen LogP contribution in [-0.4, -0.2) is 48.6 Å². The Balaban J connectivity index is 1.64. The van der Waals surface area contributed by atoms with Crippen molar-refractivity contribution >= 4 is 11.8 Å². The SMILES string of the molecule is CCn1cnnc1[C@@H]1CCCN(C(=O)Nc2ccn(C(C)C)n2)C1. The minimum atomic E-state index is -0.101. The number of nitrogens with zero attached hydrogens (tertiary/aromatic N) is 6. The van der Waals surface area contributed by atoms with E-state index >= 15 is 0 Å². The van der Waals surface area contributed by atoms with Gasteiger partial charge in [-0.15, -0.1) is 10.2 Å². The zero-order valence-electron chi connectivity index (χ0n) is 14.5. The second-order valence-electron chi connectivity index (χ2n) is 6.47. The lowest BCUT2D eigenvalue weighted by Crippen LogP contribution is -2.42. The number of carbonyl (C=O) groups is 1. The number of rotatable bonds is 4. The molecule has 1 fully saturated rings. The van der Waals surface area contributed by atoms with E-state index in [0.717, 1.165) is 31.8 Å². The van der Waals surface area contributed by atoms with Crippen LogP contribution in [0.15, 0.2) is 18.6 Å². The summed E-state index contributed by atoms with van der Waals surface area (Å²) in [5, 5.41) is 15.5. The summed E-state index contributed by atoms with van der Waals surface area (Å²) in [5.74, 6) is 1.80. The number of amides is 2. The molecule has 0 radical (unpaired) electrons. The second kappa shape index (κ2) is 7.02. The van der Waals surface area contributed by atoms with Gasteiger partial charge >= 0.3 is 6.03 Å². The molecule has 0 saturated carbocycles. The number of nitrogens with one attached hydrogen (secondary N) is 1. The van der Waals surface area contributed by atoms with Gasteiger partial charge in [-0.25, -0.2) is 4.79 Å². The lowest BCUT2D eigenvalue weighted by molar-refractivity contribution is 0.190. The fourth-order valence-electron chi connectivity index (χ4n) is 3.08. The Kier molecular flexibility index (Phi) is 4.82. The molecule has 0 spiro atoms. The number of carbonyl (C=O) groups excluding carboxylic acids is 1. The smallest absolute Gasteiger partial charge is 0.323 e. The largest absolute Gasteiger partial charge is 0.324 e. The fourth-order valence-corrected chi connectivity index (χ4v) is 3.08. The molecule has 1 N–H and O–H groups in total. The van der Waals surface area contributed by atoms with Crippen LogP contribution in [0.25, 0.3) is 0 Å². The van der Waals surface area contributed by atoms with E-state index in [0.29, 0.717) is 12.4 Å². The van der Waals surface area contributed by atoms with E-state index in [2.05, 4.69) is 46.0 Å². The van der Waals surface area contributed by atoms with Gasteiger partial charge in [0, 0.05) is 43.9 Å². The second-order valence-corrected chi connectivity index (χ2v) is 6.47. The number of aromatic nitrogens is 5. The highest BCUT2D eigenvalue weighted by Crippen LogP contribution is 2.25. The van der Waals surface area contributed by atoms with E-state index in [1.165, 1.54) is 0 Å². The Morgan fingerprint density at radius 1 is 1.46 bits per heavy atom. The van der Waals surface area contributed by atoms with Crippen LogP contribution >= 0.6 is 0 Å². The third-order valence-electron chi connectivity index (χ3n) is 4.43. The summed E-state index contributed by atoms with van der Waals surface area (Å²) in [7, 11) is 0. The molecule has 0 aromatic carbocycles. The molecule has 0 aliphatic carbocycles. The van der Waals surface area contributed by atoms with Crippen LogP contribution in [0, 0.1) is 0 Å². The summed E-state index contributed by atoms with van der Waals surface area (Å²) < 4.78 is 3.88. The molecular formula is C16H25N7O. The number of hydrogen-bond donors (Lipinski definition) is 1. The first-order chi connectivity index (χ1) is 11.6. The fraction of sp³-hybridized carbons (Fsp3) is 0.625. The summed E-state index contributed by atoms with van der Waals surface area (Å²) in [4.78, 5) is 14.4. The maximum Gasteiger partial charge on any atom is 0.323 e. The Morgan fingerprint density at radius 3 is 3.00 bits per heavy atom. The van der Waals surface area contributed by atoms with Gasteiger partial charge in [-0.1, -0.05) is 0 Å². The molecule has 0 bridgehead atoms. The number of aryl methyl sites for hydroxylation is 1. The molecule has 1 aliphatic rings. The summed E-state index contributed by atoms with van der Waals surface area (Å²) in [6.45, 7) is 8.45. The number of urea groups is 1. The van der Waals surface area contributed by atoms with Crippen LogP contribution in [0.1, 0.15) is 51.4 Å². The summed E-state index contributed by atoms with van der Waals surface area (Å²) in [6.07, 6.45) is 5.63. The minimum Gasteiger partial charge on any atom is -0.324 e. The first-order valence-corrected chi connectivity index (χ1v) is 8.57. The Labute approximate surface area is 141 Å². The lowest BCUT2D eigenvalue weighted by atomic mass is 9.97. The predicted molar refractivity (Wildman–Crippen MR) is 90.9 cm³/mol. The average molecular weight is 331 g/mol. The van der Waals surface area contributed by atoms with Gasteiger partial charge in [0.2, 0.25) is 0 Å². The van der Waals surface area contributed by atoms with Gasteiger partial charge in [0.25, 0.3) is 0 Å². The van der Waals surface area contributed by atoms with E-state index in [-0.39, 0.29) is 18.0 Å². The standard InChI is InChI=1S/C16H25N7O/c1-4-21-11-17-19-15(21)13-6-5-8-22(10-13)16(24)18-14-7-9-23(20-14)12(2)3/h7,9,11-13H,4-6,8,10H2,1-3H3,(H,18,20,24)/t13-/m1/s1. The van der Waals surface area contributed by atoms with E-state index in [1.54, 1.807) is 6.33 Å². The quantitative estimate of drug-likeness (QED) is 0.933. The van der Waals surface area contributed by atoms with Gasteiger partial charge in [-0.05, 0) is 33.6 Å². The molecule has 2 aromatic rings. The third-order valence-corrected chi connectivity index (χ3v) is 4.43. The maximum absolute atomic E-state index is 12.5. The monoisotopic (exact) mass is 331 g/mol. The van der Waals surface area contributed by atoms with Crippen molar-refractivity contribution in [3.63, 3.8) is 0 Å². The lowest BCUT2D eigenvalue weighted by Gasteiger charge is -2.32. The van der Waals surface area contributed by atoms with Crippen molar-refractivity contribution in [3.05, 3.63) is 24.4 Å². The van der Waals surface area contributed by atoms with Crippen molar-refractivity contribution in [2.24, 2.45) is 0 Å². The Hall–Kier alpha value is -2.38. The average Bonchev–Trinajstić information content (AvgIpc) is 3.23. The summed E-state index contributed by atoms with van der Waals surface area (Å²) in [6, 6.07) is 2.00. The Morgan fingerprint density at radius 2 is 2.29 bits per heavy atom. The molecule has 3 heterocycles. The van der Waals surface area contributed by atoms with Crippen LogP contribution in [0.4, 0.5) is 10.6 Å². The Bertz CT molecular complexity index is 690. The molecule has 1 saturated heterocycles. The molecule has 24 heavy (non-hydrogen) atoms. The van der Waals surface area contributed by atoms with Crippen molar-refractivity contribution in [1.29, 1.82) is 0 Å². The molecule has 0 unspecified atom stereocenters. The maximum atomic E-state index is 12.5. The van der Waals surface area contributed by atoms with E-state index in [4.69, 9.17) is 0 Å². The summed E-state index contributed by atoms with van der Waals surface area (Å²) in [5.41, 5.74) is 0. The molecule has 3 rings (SSSR count). The van der Waals surface area contributed by atoms with Crippen molar-refractivity contribution in [2.45, 2.75) is 52.1 Å². The van der Waals surface area contributed by atoms with Crippen molar-refractivity contribution in [1.82, 2.24) is 29.4 Å². The third kappa shape index (κ3) is 3.42. The molecule has 8 nitrogen and oxygen atoms in total. The van der Waals surface area contributed by atoms with Crippen LogP contribution < -0.4 is 5.32 Å². The van der Waals surface area contributed by atoms with Crippen molar-refractivity contribution in [2.75, 3.05) is 18.4 Å². The topological polar surface area (TPSA) is 80.9 Å². The number of hydrogen-bond acceptors (Lipinski definition) is 4. The molecule has 8 heteroatoms. The first kappa shape index (κ1) is 16.5. The van der Waals surface area contributed by atoms with Gasteiger partial charge in [0.05, 0.1) is 0 Å². The van der Waals surface area contributed by atoms with Gasteiger partial charge in [-0.3, -0.25) is 10.00 Å². The first-order valence-electron chi connectivity index (χ1n) is 8.57. The number of anilines is 1. The highest BCUT2D eigenvalue weighted by molar-refractivity contribution is 5.88. The van der Waals surface area contributed by atoms with E-state index in [9.17, 15) is 4.79 Å². The highest BCUT2D eigenvalue weighted by Gasteiger charge is 2.28. The van der Waals surface area contributed by atoms with Crippen LogP contribution in [-0.2, 0) is 6.54 Å². The zero-order valence-corrected chi connectivity index (χ0v) is 14.5. The zero-order chi connectivity index (χ0) is 17.1. The highest BCUT2D eigenvalue weighted by atomic mass is 16.2. The molecule has 1 atom stereocenters. The van der Waals surface area contributed by atoms with Gasteiger partial charge in [0.15, 0.2) is 5.82 Å². The molecular weight excluding hydrogens is 306 g/mol.